The third-order valence-electron chi connectivity index (χ3n) is 2.05. The Bertz CT molecular complexity index is 280. The van der Waals surface area contributed by atoms with Gasteiger partial charge in [-0.1, -0.05) is 19.4 Å². The minimum Gasteiger partial charge on any atom is -0.370 e. The van der Waals surface area contributed by atoms with Crippen LogP contribution in [0.25, 0.3) is 0 Å². The lowest BCUT2D eigenvalue weighted by Crippen LogP contribution is -2.33. The summed E-state index contributed by atoms with van der Waals surface area (Å²) in [6.07, 6.45) is 3.28. The smallest absolute Gasteiger partial charge is 0.188 e. The summed E-state index contributed by atoms with van der Waals surface area (Å²) in [6, 6.07) is 4.20. The topological polar surface area (TPSA) is 50.4 Å². The van der Waals surface area contributed by atoms with Gasteiger partial charge in [-0.25, -0.2) is 0 Å². The number of aliphatic imine (C=N–C) groups is 1. The van der Waals surface area contributed by atoms with Gasteiger partial charge in [0.1, 0.15) is 0 Å². The molecular weight excluding hydrogens is 206 g/mol. The predicted octanol–water partition coefficient (Wildman–Crippen LogP) is 1.99. The van der Waals surface area contributed by atoms with Gasteiger partial charge in [0.25, 0.3) is 0 Å². The van der Waals surface area contributed by atoms with Crippen LogP contribution in [0.4, 0.5) is 0 Å². The molecule has 1 aromatic heterocycles. The Morgan fingerprint density at radius 3 is 3.13 bits per heavy atom. The fourth-order valence-electron chi connectivity index (χ4n) is 1.18. The molecule has 0 aromatic carbocycles. The zero-order valence-electron chi connectivity index (χ0n) is 9.20. The number of hydrogen-bond acceptors (Lipinski definition) is 2. The van der Waals surface area contributed by atoms with Crippen molar-refractivity contribution < 1.29 is 0 Å². The van der Waals surface area contributed by atoms with E-state index < -0.39 is 0 Å². The normalized spacial score (nSPS) is 11.7. The van der Waals surface area contributed by atoms with Gasteiger partial charge in [-0.15, -0.1) is 11.3 Å². The third-order valence-corrected chi connectivity index (χ3v) is 2.99. The van der Waals surface area contributed by atoms with Crippen LogP contribution in [0.2, 0.25) is 0 Å². The summed E-state index contributed by atoms with van der Waals surface area (Å²) >= 11 is 1.78. The minimum atomic E-state index is 0.569. The summed E-state index contributed by atoms with van der Waals surface area (Å²) in [4.78, 5) is 5.60. The average Bonchev–Trinajstić information content (AvgIpc) is 2.71. The highest BCUT2D eigenvalue weighted by Crippen LogP contribution is 2.07. The molecule has 0 bridgehead atoms. The number of nitrogens with one attached hydrogen (secondary N) is 1. The second-order valence-electron chi connectivity index (χ2n) is 3.38. The molecule has 0 aliphatic carbocycles. The van der Waals surface area contributed by atoms with Gasteiger partial charge in [0, 0.05) is 18.0 Å². The summed E-state index contributed by atoms with van der Waals surface area (Å²) in [5, 5.41) is 5.21. The van der Waals surface area contributed by atoms with Gasteiger partial charge in [-0.3, -0.25) is 4.99 Å². The van der Waals surface area contributed by atoms with Gasteiger partial charge in [-0.05, 0) is 24.3 Å². The molecule has 0 saturated heterocycles. The van der Waals surface area contributed by atoms with Crippen molar-refractivity contribution in [1.82, 2.24) is 5.32 Å². The lowest BCUT2D eigenvalue weighted by molar-refractivity contribution is 0.792. The number of hydrogen-bond donors (Lipinski definition) is 2. The molecule has 1 rings (SSSR count). The molecule has 4 heteroatoms. The van der Waals surface area contributed by atoms with Crippen LogP contribution in [0.5, 0.6) is 0 Å². The first-order valence-electron chi connectivity index (χ1n) is 5.39. The van der Waals surface area contributed by atoms with Crippen molar-refractivity contribution in [3.05, 3.63) is 22.4 Å². The molecule has 0 aliphatic heterocycles. The molecule has 0 atom stereocenters. The van der Waals surface area contributed by atoms with E-state index in [1.54, 1.807) is 11.3 Å². The average molecular weight is 225 g/mol. The van der Waals surface area contributed by atoms with E-state index in [0.717, 1.165) is 32.4 Å². The van der Waals surface area contributed by atoms with Crippen molar-refractivity contribution in [1.29, 1.82) is 0 Å². The maximum atomic E-state index is 5.70. The molecule has 1 aromatic rings. The van der Waals surface area contributed by atoms with Crippen LogP contribution >= 0.6 is 11.3 Å². The molecule has 3 nitrogen and oxygen atoms in total. The van der Waals surface area contributed by atoms with Crippen LogP contribution in [-0.4, -0.2) is 19.0 Å². The molecule has 0 fully saturated rings. The zero-order chi connectivity index (χ0) is 10.9. The van der Waals surface area contributed by atoms with Gasteiger partial charge in [0.2, 0.25) is 0 Å². The highest BCUT2D eigenvalue weighted by molar-refractivity contribution is 7.09. The predicted molar refractivity (Wildman–Crippen MR) is 67.4 cm³/mol. The quantitative estimate of drug-likeness (QED) is 0.442. The molecule has 0 amide bonds. The van der Waals surface area contributed by atoms with Gasteiger partial charge >= 0.3 is 0 Å². The number of nitrogens with zero attached hydrogens (tertiary/aromatic N) is 1. The van der Waals surface area contributed by atoms with E-state index in [1.165, 1.54) is 4.88 Å². The summed E-state index contributed by atoms with van der Waals surface area (Å²) in [6.45, 7) is 3.84. The van der Waals surface area contributed by atoms with Crippen molar-refractivity contribution in [2.45, 2.75) is 26.2 Å². The van der Waals surface area contributed by atoms with E-state index in [-0.39, 0.29) is 0 Å². The van der Waals surface area contributed by atoms with Crippen LogP contribution in [0.1, 0.15) is 24.6 Å². The van der Waals surface area contributed by atoms with Crippen molar-refractivity contribution in [3.63, 3.8) is 0 Å². The Morgan fingerprint density at radius 2 is 2.47 bits per heavy atom. The maximum Gasteiger partial charge on any atom is 0.188 e. The van der Waals surface area contributed by atoms with Crippen LogP contribution in [0.15, 0.2) is 22.5 Å². The highest BCUT2D eigenvalue weighted by atomic mass is 32.1. The second-order valence-corrected chi connectivity index (χ2v) is 4.41. The number of nitrogens with two attached hydrogens (primary N) is 1. The van der Waals surface area contributed by atoms with Gasteiger partial charge in [0.05, 0.1) is 0 Å². The van der Waals surface area contributed by atoms with E-state index in [1.807, 2.05) is 0 Å². The summed E-state index contributed by atoms with van der Waals surface area (Å²) in [5.41, 5.74) is 5.70. The fraction of sp³-hybridized carbons (Fsp3) is 0.545. The third kappa shape index (κ3) is 5.42. The van der Waals surface area contributed by atoms with Crippen molar-refractivity contribution in [3.8, 4) is 0 Å². The zero-order valence-corrected chi connectivity index (χ0v) is 10.0. The largest absolute Gasteiger partial charge is 0.370 e. The first kappa shape index (κ1) is 12.0. The monoisotopic (exact) mass is 225 g/mol. The lowest BCUT2D eigenvalue weighted by Gasteiger charge is -2.03. The van der Waals surface area contributed by atoms with Crippen molar-refractivity contribution in [2.75, 3.05) is 13.1 Å². The fourth-order valence-corrected chi connectivity index (χ4v) is 1.89. The molecule has 84 valence electrons. The number of unbranched alkanes of at least 4 members (excludes halogenated alkanes) is 1. The Kier molecular flexibility index (Phi) is 5.85. The number of thiophene rings is 1. The number of rotatable bonds is 6. The molecule has 1 heterocycles. The van der Waals surface area contributed by atoms with E-state index in [0.29, 0.717) is 5.96 Å². The standard InChI is InChI=1S/C11H19N3S/c1-2-3-7-13-11(12)14-8-6-10-5-4-9-15-10/h4-5,9H,2-3,6-8H2,1H3,(H3,12,13,14). The minimum absolute atomic E-state index is 0.569. The molecular formula is C11H19N3S. The molecule has 0 spiro atoms. The van der Waals surface area contributed by atoms with E-state index >= 15 is 0 Å². The van der Waals surface area contributed by atoms with E-state index in [2.05, 4.69) is 34.7 Å². The summed E-state index contributed by atoms with van der Waals surface area (Å²) in [7, 11) is 0. The van der Waals surface area contributed by atoms with E-state index in [9.17, 15) is 0 Å². The summed E-state index contributed by atoms with van der Waals surface area (Å²) < 4.78 is 0. The van der Waals surface area contributed by atoms with Crippen molar-refractivity contribution in [2.24, 2.45) is 10.7 Å². The highest BCUT2D eigenvalue weighted by Gasteiger charge is 1.94. The molecule has 15 heavy (non-hydrogen) atoms. The Hall–Kier alpha value is -1.03. The molecule has 0 saturated carbocycles. The van der Waals surface area contributed by atoms with Gasteiger partial charge < -0.3 is 11.1 Å². The lowest BCUT2D eigenvalue weighted by atomic mass is 10.3. The summed E-state index contributed by atoms with van der Waals surface area (Å²) in [5.74, 6) is 0.569. The van der Waals surface area contributed by atoms with E-state index in [4.69, 9.17) is 5.73 Å². The van der Waals surface area contributed by atoms with Gasteiger partial charge in [0.15, 0.2) is 5.96 Å². The van der Waals surface area contributed by atoms with Gasteiger partial charge in [-0.2, -0.15) is 0 Å². The van der Waals surface area contributed by atoms with Crippen LogP contribution in [0.3, 0.4) is 0 Å². The first-order valence-corrected chi connectivity index (χ1v) is 6.27. The van der Waals surface area contributed by atoms with Crippen LogP contribution < -0.4 is 11.1 Å². The molecule has 0 radical (unpaired) electrons. The second kappa shape index (κ2) is 7.29. The molecule has 3 N–H and O–H groups in total. The van der Waals surface area contributed by atoms with Crippen LogP contribution in [0, 0.1) is 0 Å². The first-order chi connectivity index (χ1) is 7.33. The number of guanidine groups is 1. The Labute approximate surface area is 95.4 Å². The SMILES string of the molecule is CCCCN=C(N)NCCc1cccs1. The maximum absolute atomic E-state index is 5.70. The van der Waals surface area contributed by atoms with Crippen molar-refractivity contribution >= 4 is 17.3 Å². The molecule has 0 aliphatic rings. The van der Waals surface area contributed by atoms with Crippen LogP contribution in [-0.2, 0) is 6.42 Å². The Morgan fingerprint density at radius 1 is 1.60 bits per heavy atom. The molecule has 0 unspecified atom stereocenters. The Balaban J connectivity index is 2.11.